The Morgan fingerprint density at radius 1 is 0.692 bits per heavy atom. The first-order valence-electron chi connectivity index (χ1n) is 8.52. The molecule has 0 aliphatic carbocycles. The topological polar surface area (TPSA) is 44.8 Å². The number of ether oxygens (including phenoxy) is 1. The van der Waals surface area contributed by atoms with Gasteiger partial charge in [-0.2, -0.15) is 0 Å². The Kier molecular flexibility index (Phi) is 6.26. The molecular formula is C22H20O4. The summed E-state index contributed by atoms with van der Waals surface area (Å²) in [6, 6.07) is 26.9. The standard InChI is InChI=1S/C22H20O4/c23-22(12-7-17-24-20-10-5-2-6-11-20)26-25-21-15-13-19(14-16-21)18-8-3-1-4-9-18/h1-6,8-11,13-16H,7,12,17H2. The van der Waals surface area contributed by atoms with E-state index < -0.39 is 5.97 Å². The molecule has 0 unspecified atom stereocenters. The van der Waals surface area contributed by atoms with Gasteiger partial charge in [-0.15, -0.1) is 0 Å². The first-order chi connectivity index (χ1) is 12.8. The van der Waals surface area contributed by atoms with E-state index in [1.807, 2.05) is 72.8 Å². The van der Waals surface area contributed by atoms with Crippen LogP contribution in [0.3, 0.4) is 0 Å². The second kappa shape index (κ2) is 9.28. The SMILES string of the molecule is O=C(CCCOc1ccccc1)OOc1ccc(-c2ccccc2)cc1. The van der Waals surface area contributed by atoms with Crippen LogP contribution in [-0.4, -0.2) is 12.6 Å². The Hall–Kier alpha value is -3.27. The highest BCUT2D eigenvalue weighted by Crippen LogP contribution is 2.22. The van der Waals surface area contributed by atoms with Crippen molar-refractivity contribution < 1.29 is 19.3 Å². The molecule has 0 aliphatic rings. The minimum atomic E-state index is -0.422. The fourth-order valence-electron chi connectivity index (χ4n) is 2.39. The second-order valence-electron chi connectivity index (χ2n) is 5.69. The van der Waals surface area contributed by atoms with Gasteiger partial charge in [0.1, 0.15) is 5.75 Å². The lowest BCUT2D eigenvalue weighted by Gasteiger charge is -2.07. The molecular weight excluding hydrogens is 328 g/mol. The van der Waals surface area contributed by atoms with Gasteiger partial charge >= 0.3 is 5.97 Å². The molecule has 4 nitrogen and oxygen atoms in total. The van der Waals surface area contributed by atoms with E-state index in [4.69, 9.17) is 14.5 Å². The lowest BCUT2D eigenvalue weighted by molar-refractivity contribution is -0.213. The van der Waals surface area contributed by atoms with Gasteiger partial charge in [0.25, 0.3) is 0 Å². The van der Waals surface area contributed by atoms with Gasteiger partial charge in [0.15, 0.2) is 5.75 Å². The Labute approximate surface area is 152 Å². The van der Waals surface area contributed by atoms with Crippen LogP contribution in [0.1, 0.15) is 12.8 Å². The number of para-hydroxylation sites is 1. The maximum Gasteiger partial charge on any atom is 0.355 e. The zero-order valence-electron chi connectivity index (χ0n) is 14.3. The molecule has 0 atom stereocenters. The van der Waals surface area contributed by atoms with Crippen molar-refractivity contribution in [2.75, 3.05) is 6.61 Å². The molecule has 0 aliphatic heterocycles. The zero-order chi connectivity index (χ0) is 18.0. The second-order valence-corrected chi connectivity index (χ2v) is 5.69. The van der Waals surface area contributed by atoms with Crippen LogP contribution in [0.25, 0.3) is 11.1 Å². The smallest absolute Gasteiger partial charge is 0.355 e. The van der Waals surface area contributed by atoms with E-state index in [1.165, 1.54) is 0 Å². The van der Waals surface area contributed by atoms with Crippen LogP contribution in [0.15, 0.2) is 84.9 Å². The van der Waals surface area contributed by atoms with Crippen LogP contribution < -0.4 is 9.62 Å². The fourth-order valence-corrected chi connectivity index (χ4v) is 2.39. The fraction of sp³-hybridized carbons (Fsp3) is 0.136. The molecule has 4 heteroatoms. The summed E-state index contributed by atoms with van der Waals surface area (Å²) in [7, 11) is 0. The lowest BCUT2D eigenvalue weighted by Crippen LogP contribution is -2.09. The minimum absolute atomic E-state index is 0.231. The third kappa shape index (κ3) is 5.38. The van der Waals surface area contributed by atoms with Gasteiger partial charge in [0.2, 0.25) is 0 Å². The van der Waals surface area contributed by atoms with Gasteiger partial charge < -0.3 is 4.74 Å². The monoisotopic (exact) mass is 348 g/mol. The highest BCUT2D eigenvalue weighted by molar-refractivity contribution is 5.69. The number of hydrogen-bond donors (Lipinski definition) is 0. The molecule has 0 spiro atoms. The highest BCUT2D eigenvalue weighted by atomic mass is 17.2. The maximum atomic E-state index is 11.7. The Morgan fingerprint density at radius 3 is 2.00 bits per heavy atom. The average molecular weight is 348 g/mol. The summed E-state index contributed by atoms with van der Waals surface area (Å²) in [5.41, 5.74) is 2.19. The van der Waals surface area contributed by atoms with E-state index in [-0.39, 0.29) is 6.42 Å². The van der Waals surface area contributed by atoms with Crippen LogP contribution in [0.4, 0.5) is 0 Å². The normalized spacial score (nSPS) is 10.2. The summed E-state index contributed by atoms with van der Waals surface area (Å²) in [6.45, 7) is 0.449. The molecule has 132 valence electrons. The molecule has 0 heterocycles. The third-order valence-corrected chi connectivity index (χ3v) is 3.73. The summed E-state index contributed by atoms with van der Waals surface area (Å²) in [5, 5.41) is 0. The summed E-state index contributed by atoms with van der Waals surface area (Å²) in [4.78, 5) is 21.6. The van der Waals surface area contributed by atoms with E-state index in [0.29, 0.717) is 18.8 Å². The third-order valence-electron chi connectivity index (χ3n) is 3.73. The summed E-state index contributed by atoms with van der Waals surface area (Å²) >= 11 is 0. The lowest BCUT2D eigenvalue weighted by atomic mass is 10.1. The molecule has 3 aromatic rings. The van der Waals surface area contributed by atoms with Crippen LogP contribution in [0.2, 0.25) is 0 Å². The molecule has 26 heavy (non-hydrogen) atoms. The Balaban J connectivity index is 1.37. The number of rotatable bonds is 8. The molecule has 3 rings (SSSR count). The van der Waals surface area contributed by atoms with Crippen LogP contribution in [0, 0.1) is 0 Å². The van der Waals surface area contributed by atoms with E-state index in [0.717, 1.165) is 16.9 Å². The minimum Gasteiger partial charge on any atom is -0.494 e. The number of carbonyl (C=O) groups excluding carboxylic acids is 1. The number of hydrogen-bond acceptors (Lipinski definition) is 4. The molecule has 0 saturated heterocycles. The van der Waals surface area contributed by atoms with Crippen LogP contribution in [0.5, 0.6) is 11.5 Å². The average Bonchev–Trinajstić information content (AvgIpc) is 2.71. The van der Waals surface area contributed by atoms with Gasteiger partial charge in [-0.05, 0) is 41.8 Å². The van der Waals surface area contributed by atoms with Crippen molar-refractivity contribution in [3.05, 3.63) is 84.9 Å². The first-order valence-corrected chi connectivity index (χ1v) is 8.52. The van der Waals surface area contributed by atoms with Crippen molar-refractivity contribution in [3.63, 3.8) is 0 Å². The summed E-state index contributed by atoms with van der Waals surface area (Å²) in [5.74, 6) is 0.850. The molecule has 0 saturated carbocycles. The number of carbonyl (C=O) groups is 1. The van der Waals surface area contributed by atoms with Gasteiger partial charge in [-0.3, -0.25) is 9.78 Å². The van der Waals surface area contributed by atoms with Crippen molar-refractivity contribution in [1.82, 2.24) is 0 Å². The van der Waals surface area contributed by atoms with Crippen molar-refractivity contribution in [2.24, 2.45) is 0 Å². The predicted octanol–water partition coefficient (Wildman–Crippen LogP) is 5.05. The molecule has 3 aromatic carbocycles. The molecule has 0 N–H and O–H groups in total. The van der Waals surface area contributed by atoms with Gasteiger partial charge in [0.05, 0.1) is 13.0 Å². The van der Waals surface area contributed by atoms with E-state index in [1.54, 1.807) is 12.1 Å². The largest absolute Gasteiger partial charge is 0.494 e. The van der Waals surface area contributed by atoms with Gasteiger partial charge in [0, 0.05) is 0 Å². The van der Waals surface area contributed by atoms with E-state index >= 15 is 0 Å². The summed E-state index contributed by atoms with van der Waals surface area (Å²) in [6.07, 6.45) is 0.791. The van der Waals surface area contributed by atoms with E-state index in [9.17, 15) is 4.79 Å². The van der Waals surface area contributed by atoms with Gasteiger partial charge in [-0.25, -0.2) is 4.79 Å². The molecule has 0 bridgehead atoms. The molecule has 0 radical (unpaired) electrons. The van der Waals surface area contributed by atoms with Crippen molar-refractivity contribution in [2.45, 2.75) is 12.8 Å². The summed E-state index contributed by atoms with van der Waals surface area (Å²) < 4.78 is 5.53. The van der Waals surface area contributed by atoms with Crippen molar-refractivity contribution in [1.29, 1.82) is 0 Å². The number of benzene rings is 3. The zero-order valence-corrected chi connectivity index (χ0v) is 14.3. The first kappa shape index (κ1) is 17.5. The Bertz CT molecular complexity index is 799. The Morgan fingerprint density at radius 2 is 1.31 bits per heavy atom. The van der Waals surface area contributed by atoms with Crippen molar-refractivity contribution in [3.8, 4) is 22.6 Å². The predicted molar refractivity (Wildman–Crippen MR) is 99.8 cm³/mol. The molecule has 0 amide bonds. The van der Waals surface area contributed by atoms with Crippen molar-refractivity contribution >= 4 is 5.97 Å². The maximum absolute atomic E-state index is 11.7. The van der Waals surface area contributed by atoms with Crippen LogP contribution >= 0.6 is 0 Å². The van der Waals surface area contributed by atoms with Gasteiger partial charge in [-0.1, -0.05) is 60.7 Å². The highest BCUT2D eigenvalue weighted by Gasteiger charge is 2.06. The molecule has 0 fully saturated rings. The molecule has 0 aromatic heterocycles. The van der Waals surface area contributed by atoms with Crippen LogP contribution in [-0.2, 0) is 9.68 Å². The van der Waals surface area contributed by atoms with E-state index in [2.05, 4.69) is 0 Å². The quantitative estimate of drug-likeness (QED) is 0.325.